The molecule has 3 heterocycles. The number of nitrogens with zero attached hydrogens (tertiary/aromatic N) is 6. The largest absolute Gasteiger partial charge is 0.446 e. The summed E-state index contributed by atoms with van der Waals surface area (Å²) in [7, 11) is 0. The van der Waals surface area contributed by atoms with Crippen LogP contribution in [0.25, 0.3) is 34.4 Å². The van der Waals surface area contributed by atoms with Gasteiger partial charge in [-0.1, -0.05) is 75.4 Å². The van der Waals surface area contributed by atoms with Crippen LogP contribution in [0.1, 0.15) is 31.1 Å². The zero-order valence-electron chi connectivity index (χ0n) is 38.2. The first kappa shape index (κ1) is 57.4. The molecule has 3 amide bonds. The predicted molar refractivity (Wildman–Crippen MR) is 263 cm³/mol. The van der Waals surface area contributed by atoms with E-state index in [9.17, 15) is 62.7 Å². The summed E-state index contributed by atoms with van der Waals surface area (Å²) < 4.78 is 154. The van der Waals surface area contributed by atoms with Gasteiger partial charge < -0.3 is 13.3 Å². The SMILES string of the molecule is O=C(Nc1nnc(-c2cccc(F)c2)o1)c1cccc(SC(F)(F)F)c1.O=C(Nc1nnc(-c2ccccc2Cl)o1)c1cccc(SC(F)(F)F)c1.O=C(Nc1nnc(-c2ccccc2F)o1)c1cccc(SC(F)(F)F)c1. The topological polar surface area (TPSA) is 204 Å². The molecule has 9 aromatic rings. The fraction of sp³-hybridized carbons (Fsp3) is 0.0625. The van der Waals surface area contributed by atoms with Gasteiger partial charge in [0.2, 0.25) is 5.89 Å². The third-order valence-electron chi connectivity index (χ3n) is 9.21. The number of thioether (sulfide) groups is 3. The maximum atomic E-state index is 13.7. The number of benzene rings is 6. The van der Waals surface area contributed by atoms with E-state index in [1.807, 2.05) is 0 Å². The molecular weight excluding hydrogens is 1140 g/mol. The molecule has 3 aromatic heterocycles. The number of aromatic nitrogens is 6. The molecule has 0 bridgehead atoms. The highest BCUT2D eigenvalue weighted by Gasteiger charge is 2.31. The van der Waals surface area contributed by atoms with Crippen LogP contribution in [-0.4, -0.2) is 64.8 Å². The Hall–Kier alpha value is -8.28. The van der Waals surface area contributed by atoms with Crippen molar-refractivity contribution in [3.63, 3.8) is 0 Å². The van der Waals surface area contributed by atoms with Crippen molar-refractivity contribution in [1.82, 2.24) is 30.6 Å². The van der Waals surface area contributed by atoms with Crippen molar-refractivity contribution in [3.8, 4) is 34.4 Å². The van der Waals surface area contributed by atoms with Gasteiger partial charge in [0, 0.05) is 36.9 Å². The van der Waals surface area contributed by atoms with Crippen molar-refractivity contribution >= 4 is 82.7 Å². The van der Waals surface area contributed by atoms with Crippen LogP contribution in [0, 0.1) is 11.6 Å². The number of alkyl halides is 9. The Morgan fingerprint density at radius 2 is 0.795 bits per heavy atom. The molecule has 15 nitrogen and oxygen atoms in total. The minimum Gasteiger partial charge on any atom is -0.403 e. The lowest BCUT2D eigenvalue weighted by Gasteiger charge is -2.07. The van der Waals surface area contributed by atoms with Gasteiger partial charge in [-0.15, -0.1) is 15.3 Å². The zero-order valence-corrected chi connectivity index (χ0v) is 41.5. The summed E-state index contributed by atoms with van der Waals surface area (Å²) in [6.45, 7) is 0. The average Bonchev–Trinajstić information content (AvgIpc) is 4.17. The Morgan fingerprint density at radius 1 is 0.423 bits per heavy atom. The molecule has 3 N–H and O–H groups in total. The minimum atomic E-state index is -4.46. The van der Waals surface area contributed by atoms with Gasteiger partial charge in [-0.25, -0.2) is 8.78 Å². The highest BCUT2D eigenvalue weighted by Crippen LogP contribution is 2.39. The number of carbonyl (C=O) groups is 3. The van der Waals surface area contributed by atoms with Gasteiger partial charge in [0.25, 0.3) is 29.5 Å². The summed E-state index contributed by atoms with van der Waals surface area (Å²) in [5, 5.41) is 29.3. The summed E-state index contributed by atoms with van der Waals surface area (Å²) >= 11 is 5.07. The van der Waals surface area contributed by atoms with Gasteiger partial charge in [0.15, 0.2) is 0 Å². The number of rotatable bonds is 12. The van der Waals surface area contributed by atoms with Gasteiger partial charge in [0.1, 0.15) is 11.6 Å². The van der Waals surface area contributed by atoms with E-state index in [0.29, 0.717) is 16.1 Å². The molecule has 30 heteroatoms. The van der Waals surface area contributed by atoms with Gasteiger partial charge >= 0.3 is 34.6 Å². The van der Waals surface area contributed by atoms with Gasteiger partial charge in [-0.2, -0.15) is 39.5 Å². The van der Waals surface area contributed by atoms with E-state index in [1.165, 1.54) is 91.0 Å². The second-order valence-corrected chi connectivity index (χ2v) is 18.6. The Balaban J connectivity index is 0.000000170. The number of halogens is 12. The van der Waals surface area contributed by atoms with Crippen molar-refractivity contribution < 1.29 is 75.9 Å². The van der Waals surface area contributed by atoms with Crippen LogP contribution >= 0.6 is 46.9 Å². The monoisotopic (exact) mass is 1170 g/mol. The minimum absolute atomic E-state index is 0.00949. The number of anilines is 3. The third-order valence-corrected chi connectivity index (χ3v) is 11.7. The first-order valence-electron chi connectivity index (χ1n) is 21.2. The summed E-state index contributed by atoms with van der Waals surface area (Å²) in [5.74, 6) is -3.25. The summed E-state index contributed by atoms with van der Waals surface area (Å²) in [4.78, 5) is 36.1. The molecule has 0 radical (unpaired) electrons. The Bertz CT molecular complexity index is 3410. The van der Waals surface area contributed by atoms with Gasteiger partial charge in [-0.05, 0) is 132 Å². The van der Waals surface area contributed by atoms with Crippen molar-refractivity contribution in [1.29, 1.82) is 0 Å². The lowest BCUT2D eigenvalue weighted by molar-refractivity contribution is -0.0337. The molecule has 0 spiro atoms. The molecular formula is C48H27ClF11N9O6S3. The molecule has 0 unspecified atom stereocenters. The lowest BCUT2D eigenvalue weighted by Crippen LogP contribution is -2.12. The number of carbonyl (C=O) groups excluding carboxylic acids is 3. The zero-order chi connectivity index (χ0) is 56.2. The summed E-state index contributed by atoms with van der Waals surface area (Å²) in [6.07, 6.45) is 0. The van der Waals surface area contributed by atoms with E-state index in [-0.39, 0.29) is 108 Å². The van der Waals surface area contributed by atoms with E-state index < -0.39 is 45.9 Å². The summed E-state index contributed by atoms with van der Waals surface area (Å²) in [6, 6.07) is 32.2. The first-order chi connectivity index (χ1) is 36.9. The Labute approximate surface area is 447 Å². The molecule has 0 saturated carbocycles. The Kier molecular flexibility index (Phi) is 18.6. The van der Waals surface area contributed by atoms with Crippen LogP contribution in [0.4, 0.5) is 66.3 Å². The molecule has 0 saturated heterocycles. The molecule has 9 rings (SSSR count). The number of hydrogen-bond donors (Lipinski definition) is 3. The summed E-state index contributed by atoms with van der Waals surface area (Å²) in [5.41, 5.74) is -12.5. The van der Waals surface area contributed by atoms with Crippen LogP contribution < -0.4 is 16.0 Å². The normalized spacial score (nSPS) is 11.4. The van der Waals surface area contributed by atoms with E-state index >= 15 is 0 Å². The van der Waals surface area contributed by atoms with Crippen molar-refractivity contribution in [2.24, 2.45) is 0 Å². The second-order valence-electron chi connectivity index (χ2n) is 14.8. The highest BCUT2D eigenvalue weighted by molar-refractivity contribution is 8.00. The van der Waals surface area contributed by atoms with Gasteiger partial charge in [-0.3, -0.25) is 30.3 Å². The third kappa shape index (κ3) is 17.4. The fourth-order valence-electron chi connectivity index (χ4n) is 6.06. The first-order valence-corrected chi connectivity index (χ1v) is 24.0. The molecule has 0 aliphatic heterocycles. The molecule has 0 aliphatic rings. The van der Waals surface area contributed by atoms with E-state index in [1.54, 1.807) is 36.4 Å². The number of amides is 3. The second kappa shape index (κ2) is 25.2. The quantitative estimate of drug-likeness (QED) is 0.0769. The van der Waals surface area contributed by atoms with Crippen molar-refractivity contribution in [2.45, 2.75) is 31.2 Å². The highest BCUT2D eigenvalue weighted by atomic mass is 35.5. The van der Waals surface area contributed by atoms with E-state index in [0.717, 1.165) is 18.2 Å². The van der Waals surface area contributed by atoms with Crippen LogP contribution in [-0.2, 0) is 0 Å². The van der Waals surface area contributed by atoms with Crippen molar-refractivity contribution in [3.05, 3.63) is 179 Å². The molecule has 0 aliphatic carbocycles. The van der Waals surface area contributed by atoms with Crippen LogP contribution in [0.2, 0.25) is 5.02 Å². The average molecular weight is 1170 g/mol. The molecule has 6 aromatic carbocycles. The maximum absolute atomic E-state index is 13.7. The Morgan fingerprint density at radius 3 is 1.21 bits per heavy atom. The molecule has 402 valence electrons. The lowest BCUT2D eigenvalue weighted by atomic mass is 10.2. The van der Waals surface area contributed by atoms with E-state index in [4.69, 9.17) is 24.9 Å². The fourth-order valence-corrected chi connectivity index (χ4v) is 8.07. The standard InChI is InChI=1S/C16H9ClF3N3O2S.2C16H9F4N3O2S/c17-12-7-2-1-6-11(12)14-22-23-15(25-14)21-13(24)9-4-3-5-10(8-9)26-16(18,19)20;17-11-5-1-4-10(7-11)14-22-23-15(25-14)21-13(24)9-3-2-6-12(8-9)26-16(18,19)20;17-12-7-2-1-6-11(12)14-22-23-15(25-14)21-13(24)9-4-3-5-10(8-9)26-16(18,19)20/h3*1-8H,(H,21,23,24). The molecule has 0 fully saturated rings. The number of hydrogen-bond acceptors (Lipinski definition) is 15. The van der Waals surface area contributed by atoms with Crippen molar-refractivity contribution in [2.75, 3.05) is 16.0 Å². The van der Waals surface area contributed by atoms with Crippen LogP contribution in [0.15, 0.2) is 174 Å². The smallest absolute Gasteiger partial charge is 0.403 e. The van der Waals surface area contributed by atoms with E-state index in [2.05, 4.69) is 46.5 Å². The van der Waals surface area contributed by atoms with Crippen LogP contribution in [0.5, 0.6) is 0 Å². The predicted octanol–water partition coefficient (Wildman–Crippen LogP) is 14.7. The molecule has 78 heavy (non-hydrogen) atoms. The molecule has 0 atom stereocenters. The van der Waals surface area contributed by atoms with Crippen LogP contribution in [0.3, 0.4) is 0 Å². The number of nitrogens with one attached hydrogen (secondary N) is 3. The van der Waals surface area contributed by atoms with Gasteiger partial charge in [0.05, 0.1) is 16.1 Å². The maximum Gasteiger partial charge on any atom is 0.446 e.